The van der Waals surface area contributed by atoms with E-state index in [2.05, 4.69) is 36.8 Å². The largest absolute Gasteiger partial charge is 0.378 e. The minimum absolute atomic E-state index is 0.675. The second kappa shape index (κ2) is 7.92. The van der Waals surface area contributed by atoms with Gasteiger partial charge in [-0.1, -0.05) is 6.07 Å². The Hall–Kier alpha value is -2.78. The first-order valence-electron chi connectivity index (χ1n) is 10.2. The van der Waals surface area contributed by atoms with Crippen LogP contribution in [-0.2, 0) is 11.3 Å². The highest BCUT2D eigenvalue weighted by Gasteiger charge is 2.21. The molecule has 0 aromatic carbocycles. The molecule has 2 saturated heterocycles. The number of fused-ring (bicyclic) bond motifs is 1. The quantitative estimate of drug-likeness (QED) is 0.649. The summed E-state index contributed by atoms with van der Waals surface area (Å²) in [6.07, 6.45) is 1.85. The van der Waals surface area contributed by atoms with Crippen LogP contribution in [-0.4, -0.2) is 81.9 Å². The zero-order chi connectivity index (χ0) is 19.6. The summed E-state index contributed by atoms with van der Waals surface area (Å²) < 4.78 is 7.38. The summed E-state index contributed by atoms with van der Waals surface area (Å²) in [7, 11) is 0. The molecule has 2 fully saturated rings. The maximum Gasteiger partial charge on any atom is 0.254 e. The van der Waals surface area contributed by atoms with E-state index in [9.17, 15) is 0 Å². The molecule has 3 aromatic rings. The monoisotopic (exact) mass is 394 g/mol. The number of anilines is 2. The number of aryl methyl sites for hydroxylation is 1. The number of nitrogens with zero attached hydrogens (tertiary/aromatic N) is 8. The normalized spacial score (nSPS) is 18.5. The lowest BCUT2D eigenvalue weighted by Gasteiger charge is -2.34. The molecule has 2 aliphatic rings. The standard InChI is InChI=1S/C20H26N8O/c1-16-14-19(27-10-12-29-13-11-27)28-20(22-16)23-17(24-28)15-25-6-8-26(9-7-25)18-4-2-3-5-21-18/h2-5,14H,6-13,15H2,1H3. The molecule has 0 saturated carbocycles. The molecule has 0 amide bonds. The number of piperazine rings is 1. The summed E-state index contributed by atoms with van der Waals surface area (Å²) in [5.41, 5.74) is 0.960. The average Bonchev–Trinajstić information content (AvgIpc) is 3.17. The third-order valence-corrected chi connectivity index (χ3v) is 5.51. The van der Waals surface area contributed by atoms with Gasteiger partial charge >= 0.3 is 0 Å². The Balaban J connectivity index is 1.30. The van der Waals surface area contributed by atoms with Crippen molar-refractivity contribution >= 4 is 17.4 Å². The smallest absolute Gasteiger partial charge is 0.254 e. The SMILES string of the molecule is Cc1cc(N2CCOCC2)n2nc(CN3CCN(c4ccccn4)CC3)nc2n1. The van der Waals surface area contributed by atoms with E-state index in [0.717, 1.165) is 82.2 Å². The highest BCUT2D eigenvalue weighted by atomic mass is 16.5. The van der Waals surface area contributed by atoms with Crippen LogP contribution in [0.4, 0.5) is 11.6 Å². The summed E-state index contributed by atoms with van der Waals surface area (Å²) in [4.78, 5) is 20.8. The molecule has 0 spiro atoms. The Labute approximate surface area is 169 Å². The van der Waals surface area contributed by atoms with Gasteiger partial charge in [0.2, 0.25) is 0 Å². The molecular weight excluding hydrogens is 368 g/mol. The molecule has 0 aliphatic carbocycles. The van der Waals surface area contributed by atoms with E-state index < -0.39 is 0 Å². The van der Waals surface area contributed by atoms with Crippen LogP contribution in [0.1, 0.15) is 11.5 Å². The van der Waals surface area contributed by atoms with E-state index in [1.54, 1.807) is 0 Å². The van der Waals surface area contributed by atoms with Gasteiger partial charge in [-0.05, 0) is 19.1 Å². The molecular formula is C20H26N8O. The third kappa shape index (κ3) is 3.88. The Morgan fingerprint density at radius 3 is 2.55 bits per heavy atom. The summed E-state index contributed by atoms with van der Waals surface area (Å²) in [5, 5.41) is 4.79. The van der Waals surface area contributed by atoms with Crippen LogP contribution < -0.4 is 9.80 Å². The zero-order valence-electron chi connectivity index (χ0n) is 16.7. The van der Waals surface area contributed by atoms with Crippen molar-refractivity contribution in [2.75, 3.05) is 62.3 Å². The van der Waals surface area contributed by atoms with Crippen molar-refractivity contribution in [3.8, 4) is 0 Å². The molecule has 5 rings (SSSR count). The summed E-state index contributed by atoms with van der Waals surface area (Å²) in [6, 6.07) is 8.15. The van der Waals surface area contributed by atoms with Crippen molar-refractivity contribution in [1.82, 2.24) is 29.5 Å². The first kappa shape index (κ1) is 18.3. The molecule has 0 radical (unpaired) electrons. The topological polar surface area (TPSA) is 74.9 Å². The third-order valence-electron chi connectivity index (χ3n) is 5.51. The number of aromatic nitrogens is 5. The summed E-state index contributed by atoms with van der Waals surface area (Å²) in [6.45, 7) is 9.81. The van der Waals surface area contributed by atoms with Crippen molar-refractivity contribution in [2.24, 2.45) is 0 Å². The zero-order valence-corrected chi connectivity index (χ0v) is 16.7. The van der Waals surface area contributed by atoms with Gasteiger partial charge in [0.05, 0.1) is 19.8 Å². The molecule has 5 heterocycles. The van der Waals surface area contributed by atoms with Crippen LogP contribution in [0.3, 0.4) is 0 Å². The van der Waals surface area contributed by atoms with E-state index in [1.807, 2.05) is 29.8 Å². The predicted octanol–water partition coefficient (Wildman–Crippen LogP) is 0.987. The Bertz CT molecular complexity index is 961. The molecule has 152 valence electrons. The van der Waals surface area contributed by atoms with Crippen molar-refractivity contribution in [3.63, 3.8) is 0 Å². The van der Waals surface area contributed by atoms with Gasteiger partial charge in [0.25, 0.3) is 5.78 Å². The van der Waals surface area contributed by atoms with Crippen LogP contribution in [0, 0.1) is 6.92 Å². The van der Waals surface area contributed by atoms with Crippen molar-refractivity contribution in [3.05, 3.63) is 42.0 Å². The molecule has 9 heteroatoms. The van der Waals surface area contributed by atoms with Gasteiger partial charge in [0.1, 0.15) is 11.6 Å². The molecule has 0 atom stereocenters. The van der Waals surface area contributed by atoms with Gasteiger partial charge in [-0.25, -0.2) is 9.97 Å². The second-order valence-electron chi connectivity index (χ2n) is 7.55. The maximum atomic E-state index is 5.49. The van der Waals surface area contributed by atoms with Crippen molar-refractivity contribution < 1.29 is 4.74 Å². The number of rotatable bonds is 4. The second-order valence-corrected chi connectivity index (χ2v) is 7.55. The van der Waals surface area contributed by atoms with E-state index in [4.69, 9.17) is 14.8 Å². The number of hydrogen-bond acceptors (Lipinski definition) is 8. The molecule has 0 bridgehead atoms. The summed E-state index contributed by atoms with van der Waals surface area (Å²) in [5.74, 6) is 3.60. The fourth-order valence-corrected chi connectivity index (χ4v) is 3.97. The first-order chi connectivity index (χ1) is 14.3. The Kier molecular flexibility index (Phi) is 4.99. The number of pyridine rings is 1. The molecule has 0 unspecified atom stereocenters. The van der Waals surface area contributed by atoms with Crippen LogP contribution in [0.15, 0.2) is 30.5 Å². The van der Waals surface area contributed by atoms with E-state index in [0.29, 0.717) is 5.78 Å². The van der Waals surface area contributed by atoms with Gasteiger partial charge < -0.3 is 14.5 Å². The van der Waals surface area contributed by atoms with Gasteiger partial charge in [-0.3, -0.25) is 4.90 Å². The highest BCUT2D eigenvalue weighted by molar-refractivity contribution is 5.48. The molecule has 0 N–H and O–H groups in total. The van der Waals surface area contributed by atoms with Crippen LogP contribution in [0.25, 0.3) is 5.78 Å². The van der Waals surface area contributed by atoms with Crippen LogP contribution in [0.2, 0.25) is 0 Å². The number of hydrogen-bond donors (Lipinski definition) is 0. The van der Waals surface area contributed by atoms with Gasteiger partial charge in [0, 0.05) is 57.2 Å². The minimum atomic E-state index is 0.675. The molecule has 29 heavy (non-hydrogen) atoms. The minimum Gasteiger partial charge on any atom is -0.378 e. The molecule has 3 aromatic heterocycles. The lowest BCUT2D eigenvalue weighted by atomic mass is 10.3. The van der Waals surface area contributed by atoms with Gasteiger partial charge in [-0.15, -0.1) is 5.10 Å². The van der Waals surface area contributed by atoms with Gasteiger partial charge in [0.15, 0.2) is 5.82 Å². The summed E-state index contributed by atoms with van der Waals surface area (Å²) >= 11 is 0. The van der Waals surface area contributed by atoms with Gasteiger partial charge in [-0.2, -0.15) is 9.50 Å². The van der Waals surface area contributed by atoms with E-state index >= 15 is 0 Å². The lowest BCUT2D eigenvalue weighted by molar-refractivity contribution is 0.122. The Morgan fingerprint density at radius 2 is 1.79 bits per heavy atom. The first-order valence-corrected chi connectivity index (χ1v) is 10.2. The van der Waals surface area contributed by atoms with E-state index in [1.165, 1.54) is 0 Å². The maximum absolute atomic E-state index is 5.49. The van der Waals surface area contributed by atoms with Crippen molar-refractivity contribution in [1.29, 1.82) is 0 Å². The number of ether oxygens (including phenoxy) is 1. The number of morpholine rings is 1. The van der Waals surface area contributed by atoms with Crippen LogP contribution in [0.5, 0.6) is 0 Å². The van der Waals surface area contributed by atoms with Crippen molar-refractivity contribution in [2.45, 2.75) is 13.5 Å². The van der Waals surface area contributed by atoms with Crippen LogP contribution >= 0.6 is 0 Å². The highest BCUT2D eigenvalue weighted by Crippen LogP contribution is 2.19. The molecule has 2 aliphatic heterocycles. The lowest BCUT2D eigenvalue weighted by Crippen LogP contribution is -2.46. The average molecular weight is 394 g/mol. The van der Waals surface area contributed by atoms with E-state index in [-0.39, 0.29) is 0 Å². The fourth-order valence-electron chi connectivity index (χ4n) is 3.97. The Morgan fingerprint density at radius 1 is 0.966 bits per heavy atom. The predicted molar refractivity (Wildman–Crippen MR) is 110 cm³/mol. The molecule has 9 nitrogen and oxygen atoms in total. The fraction of sp³-hybridized carbons (Fsp3) is 0.500.